The van der Waals surface area contributed by atoms with Gasteiger partial charge in [-0.1, -0.05) is 12.8 Å². The maximum atomic E-state index is 5.75. The zero-order chi connectivity index (χ0) is 13.2. The number of likely N-dealkylation sites (N-methyl/N-ethyl adjacent to an activating group) is 1. The van der Waals surface area contributed by atoms with Crippen molar-refractivity contribution in [3.63, 3.8) is 0 Å². The van der Waals surface area contributed by atoms with Crippen molar-refractivity contribution in [3.8, 4) is 0 Å². The van der Waals surface area contributed by atoms with E-state index in [1.807, 2.05) is 18.2 Å². The van der Waals surface area contributed by atoms with Crippen molar-refractivity contribution in [2.75, 3.05) is 31.7 Å². The average Bonchev–Trinajstić information content (AvgIpc) is 2.78. The molecular formula is C14H22BrN3. The molecule has 0 bridgehead atoms. The average molecular weight is 312 g/mol. The number of halogens is 1. The molecule has 1 fully saturated rings. The van der Waals surface area contributed by atoms with Crippen molar-refractivity contribution in [2.24, 2.45) is 0 Å². The second kappa shape index (κ2) is 5.49. The van der Waals surface area contributed by atoms with Gasteiger partial charge in [0.2, 0.25) is 0 Å². The van der Waals surface area contributed by atoms with Crippen LogP contribution in [0.25, 0.3) is 0 Å². The zero-order valence-corrected chi connectivity index (χ0v) is 12.8. The molecule has 0 radical (unpaired) electrons. The second-order valence-electron chi connectivity index (χ2n) is 5.42. The van der Waals surface area contributed by atoms with Crippen LogP contribution in [0.4, 0.5) is 11.4 Å². The molecule has 1 aliphatic rings. The van der Waals surface area contributed by atoms with Crippen LogP contribution in [-0.4, -0.2) is 31.1 Å². The van der Waals surface area contributed by atoms with Crippen LogP contribution in [0.3, 0.4) is 0 Å². The van der Waals surface area contributed by atoms with Crippen molar-refractivity contribution in [2.45, 2.75) is 31.2 Å². The summed E-state index contributed by atoms with van der Waals surface area (Å²) in [6, 6.07) is 5.92. The summed E-state index contributed by atoms with van der Waals surface area (Å²) in [4.78, 5) is 2.37. The van der Waals surface area contributed by atoms with Crippen molar-refractivity contribution in [1.82, 2.24) is 4.90 Å². The number of nitrogens with two attached hydrogens (primary N) is 1. The fourth-order valence-electron chi connectivity index (χ4n) is 2.75. The maximum absolute atomic E-state index is 5.75. The summed E-state index contributed by atoms with van der Waals surface area (Å²) < 4.78 is 1.04. The number of nitrogens with one attached hydrogen (secondary N) is 1. The van der Waals surface area contributed by atoms with Crippen molar-refractivity contribution in [1.29, 1.82) is 0 Å². The molecular weight excluding hydrogens is 290 g/mol. The van der Waals surface area contributed by atoms with E-state index in [9.17, 15) is 0 Å². The molecule has 18 heavy (non-hydrogen) atoms. The van der Waals surface area contributed by atoms with E-state index in [1.165, 1.54) is 25.7 Å². The summed E-state index contributed by atoms with van der Waals surface area (Å²) in [5.41, 5.74) is 7.97. The van der Waals surface area contributed by atoms with Gasteiger partial charge in [0.15, 0.2) is 0 Å². The fraction of sp³-hybridized carbons (Fsp3) is 0.571. The predicted octanol–water partition coefficient (Wildman–Crippen LogP) is 3.32. The molecule has 1 aromatic rings. The largest absolute Gasteiger partial charge is 0.399 e. The molecule has 4 heteroatoms. The van der Waals surface area contributed by atoms with Crippen LogP contribution in [0.1, 0.15) is 25.7 Å². The minimum absolute atomic E-state index is 0.306. The highest BCUT2D eigenvalue weighted by atomic mass is 79.9. The summed E-state index contributed by atoms with van der Waals surface area (Å²) in [6.45, 7) is 0.989. The molecule has 2 rings (SSSR count). The van der Waals surface area contributed by atoms with Gasteiger partial charge in [-0.2, -0.15) is 0 Å². The van der Waals surface area contributed by atoms with Crippen LogP contribution in [0.5, 0.6) is 0 Å². The Hall–Kier alpha value is -0.740. The Bertz CT molecular complexity index is 412. The van der Waals surface area contributed by atoms with E-state index < -0.39 is 0 Å². The van der Waals surface area contributed by atoms with Crippen LogP contribution in [-0.2, 0) is 0 Å². The van der Waals surface area contributed by atoms with Crippen molar-refractivity contribution < 1.29 is 0 Å². The first-order valence-electron chi connectivity index (χ1n) is 6.50. The Morgan fingerprint density at radius 1 is 1.33 bits per heavy atom. The van der Waals surface area contributed by atoms with Gasteiger partial charge in [-0.25, -0.2) is 0 Å². The Morgan fingerprint density at radius 3 is 2.56 bits per heavy atom. The highest BCUT2D eigenvalue weighted by Gasteiger charge is 2.35. The quantitative estimate of drug-likeness (QED) is 0.838. The Balaban J connectivity index is 2.06. The Labute approximate surface area is 118 Å². The van der Waals surface area contributed by atoms with Crippen molar-refractivity contribution in [3.05, 3.63) is 22.7 Å². The van der Waals surface area contributed by atoms with E-state index in [0.29, 0.717) is 5.54 Å². The lowest BCUT2D eigenvalue weighted by Crippen LogP contribution is -2.47. The van der Waals surface area contributed by atoms with Crippen LogP contribution >= 0.6 is 15.9 Å². The zero-order valence-electron chi connectivity index (χ0n) is 11.2. The monoisotopic (exact) mass is 311 g/mol. The van der Waals surface area contributed by atoms with E-state index in [0.717, 1.165) is 22.4 Å². The Kier molecular flexibility index (Phi) is 4.17. The third-order valence-electron chi connectivity index (χ3n) is 4.08. The highest BCUT2D eigenvalue weighted by Crippen LogP contribution is 2.34. The van der Waals surface area contributed by atoms with Gasteiger partial charge in [0.05, 0.1) is 0 Å². The van der Waals surface area contributed by atoms with Crippen LogP contribution in [0, 0.1) is 0 Å². The molecule has 0 aliphatic heterocycles. The minimum atomic E-state index is 0.306. The van der Waals surface area contributed by atoms with Crippen LogP contribution in [0.2, 0.25) is 0 Å². The predicted molar refractivity (Wildman–Crippen MR) is 81.9 cm³/mol. The summed E-state index contributed by atoms with van der Waals surface area (Å²) in [5.74, 6) is 0. The number of nitrogen functional groups attached to an aromatic ring is 1. The van der Waals surface area contributed by atoms with Gasteiger partial charge >= 0.3 is 0 Å². The van der Waals surface area contributed by atoms with E-state index in [4.69, 9.17) is 5.73 Å². The molecule has 0 spiro atoms. The fourth-order valence-corrected chi connectivity index (χ4v) is 3.29. The van der Waals surface area contributed by atoms with Gasteiger partial charge in [0.1, 0.15) is 0 Å². The third kappa shape index (κ3) is 2.81. The lowest BCUT2D eigenvalue weighted by atomic mass is 9.96. The molecule has 0 amide bonds. The van der Waals surface area contributed by atoms with Gasteiger partial charge in [0, 0.05) is 27.9 Å². The van der Waals surface area contributed by atoms with Gasteiger partial charge < -0.3 is 16.0 Å². The summed E-state index contributed by atoms with van der Waals surface area (Å²) in [7, 11) is 4.37. The van der Waals surface area contributed by atoms with Crippen LogP contribution < -0.4 is 11.1 Å². The molecule has 1 aliphatic carbocycles. The number of hydrogen-bond donors (Lipinski definition) is 2. The summed E-state index contributed by atoms with van der Waals surface area (Å²) in [6.07, 6.45) is 5.23. The molecule has 0 atom stereocenters. The maximum Gasteiger partial charge on any atom is 0.0486 e. The van der Waals surface area contributed by atoms with E-state index >= 15 is 0 Å². The number of hydrogen-bond acceptors (Lipinski definition) is 3. The minimum Gasteiger partial charge on any atom is -0.399 e. The normalized spacial score (nSPS) is 18.2. The molecule has 1 aromatic carbocycles. The Morgan fingerprint density at radius 2 is 2.00 bits per heavy atom. The first kappa shape index (κ1) is 13.7. The lowest BCUT2D eigenvalue weighted by molar-refractivity contribution is 0.172. The molecule has 0 unspecified atom stereocenters. The van der Waals surface area contributed by atoms with E-state index in [-0.39, 0.29) is 0 Å². The molecule has 0 aromatic heterocycles. The molecule has 1 saturated carbocycles. The topological polar surface area (TPSA) is 41.3 Å². The number of rotatable bonds is 4. The SMILES string of the molecule is CN(C)C1(CNc2ccc(N)cc2Br)CCCC1. The standard InChI is InChI=1S/C14H22BrN3/c1-18(2)14(7-3-4-8-14)10-17-13-6-5-11(16)9-12(13)15/h5-6,9,17H,3-4,7-8,10,16H2,1-2H3. The van der Waals surface area contributed by atoms with Gasteiger partial charge in [-0.05, 0) is 61.1 Å². The van der Waals surface area contributed by atoms with Crippen molar-refractivity contribution >= 4 is 27.3 Å². The van der Waals surface area contributed by atoms with Gasteiger partial charge in [-0.3, -0.25) is 0 Å². The summed E-state index contributed by atoms with van der Waals surface area (Å²) >= 11 is 3.56. The second-order valence-corrected chi connectivity index (χ2v) is 6.27. The highest BCUT2D eigenvalue weighted by molar-refractivity contribution is 9.10. The summed E-state index contributed by atoms with van der Waals surface area (Å²) in [5, 5.41) is 3.56. The number of nitrogens with zero attached hydrogens (tertiary/aromatic N) is 1. The van der Waals surface area contributed by atoms with E-state index in [2.05, 4.69) is 40.2 Å². The van der Waals surface area contributed by atoms with E-state index in [1.54, 1.807) is 0 Å². The van der Waals surface area contributed by atoms with Gasteiger partial charge in [-0.15, -0.1) is 0 Å². The van der Waals surface area contributed by atoms with Gasteiger partial charge in [0.25, 0.3) is 0 Å². The molecule has 0 heterocycles. The molecule has 3 nitrogen and oxygen atoms in total. The molecule has 3 N–H and O–H groups in total. The first-order valence-corrected chi connectivity index (χ1v) is 7.29. The first-order chi connectivity index (χ1) is 8.53. The smallest absolute Gasteiger partial charge is 0.0486 e. The van der Waals surface area contributed by atoms with Crippen LogP contribution in [0.15, 0.2) is 22.7 Å². The lowest BCUT2D eigenvalue weighted by Gasteiger charge is -2.37. The molecule has 0 saturated heterocycles. The number of benzene rings is 1. The number of anilines is 2. The molecule has 100 valence electrons. The third-order valence-corrected chi connectivity index (χ3v) is 4.74.